The fourth-order valence-electron chi connectivity index (χ4n) is 2.84. The standard InChI is InChI=1S/C17H15BrClFN2O3S/c18-11-3-6-13(7-4-11)26(24,25)22-9-1-2-16(22)17(23)21-15-8-5-12(19)10-14(15)20/h3-8,10,16H,1-2,9H2,(H,21,23)/t16-/m0/s1. The van der Waals surface area contributed by atoms with Gasteiger partial charge in [0.05, 0.1) is 10.6 Å². The summed E-state index contributed by atoms with van der Waals surface area (Å²) >= 11 is 8.96. The quantitative estimate of drug-likeness (QED) is 0.747. The molecule has 1 aliphatic heterocycles. The number of carbonyl (C=O) groups is 1. The van der Waals surface area contributed by atoms with Crippen LogP contribution in [-0.4, -0.2) is 31.2 Å². The van der Waals surface area contributed by atoms with Crippen molar-refractivity contribution in [2.75, 3.05) is 11.9 Å². The summed E-state index contributed by atoms with van der Waals surface area (Å²) < 4.78 is 41.5. The molecule has 5 nitrogen and oxygen atoms in total. The molecule has 0 unspecified atom stereocenters. The van der Waals surface area contributed by atoms with Crippen LogP contribution in [-0.2, 0) is 14.8 Å². The highest BCUT2D eigenvalue weighted by atomic mass is 79.9. The summed E-state index contributed by atoms with van der Waals surface area (Å²) in [6, 6.07) is 9.20. The minimum Gasteiger partial charge on any atom is -0.322 e. The molecule has 1 N–H and O–H groups in total. The van der Waals surface area contributed by atoms with E-state index in [-0.39, 0.29) is 22.2 Å². The Morgan fingerprint density at radius 2 is 1.92 bits per heavy atom. The van der Waals surface area contributed by atoms with Crippen LogP contribution in [0.15, 0.2) is 51.8 Å². The second kappa shape index (κ2) is 7.64. The molecule has 1 fully saturated rings. The van der Waals surface area contributed by atoms with E-state index in [9.17, 15) is 17.6 Å². The van der Waals surface area contributed by atoms with E-state index < -0.39 is 27.8 Å². The van der Waals surface area contributed by atoms with Gasteiger partial charge in [0.1, 0.15) is 11.9 Å². The number of rotatable bonds is 4. The number of hydrogen-bond donors (Lipinski definition) is 1. The van der Waals surface area contributed by atoms with E-state index in [1.165, 1.54) is 28.6 Å². The van der Waals surface area contributed by atoms with Crippen molar-refractivity contribution < 1.29 is 17.6 Å². The van der Waals surface area contributed by atoms with Crippen molar-refractivity contribution in [1.82, 2.24) is 4.31 Å². The lowest BCUT2D eigenvalue weighted by atomic mass is 10.2. The first-order chi connectivity index (χ1) is 12.3. The summed E-state index contributed by atoms with van der Waals surface area (Å²) in [5.74, 6) is -1.24. The Labute approximate surface area is 164 Å². The molecule has 0 bridgehead atoms. The highest BCUT2D eigenvalue weighted by Crippen LogP contribution is 2.28. The van der Waals surface area contributed by atoms with E-state index in [2.05, 4.69) is 21.2 Å². The van der Waals surface area contributed by atoms with Crippen LogP contribution < -0.4 is 5.32 Å². The molecule has 1 heterocycles. The topological polar surface area (TPSA) is 66.5 Å². The molecule has 3 rings (SSSR count). The van der Waals surface area contributed by atoms with Gasteiger partial charge in [0.2, 0.25) is 15.9 Å². The molecule has 1 aliphatic rings. The number of sulfonamides is 1. The SMILES string of the molecule is O=C(Nc1ccc(Cl)cc1F)[C@@H]1CCCN1S(=O)(=O)c1ccc(Br)cc1. The smallest absolute Gasteiger partial charge is 0.243 e. The second-order valence-electron chi connectivity index (χ2n) is 5.84. The predicted octanol–water partition coefficient (Wildman–Crippen LogP) is 4.03. The van der Waals surface area contributed by atoms with Crippen LogP contribution in [0.3, 0.4) is 0 Å². The Morgan fingerprint density at radius 3 is 2.58 bits per heavy atom. The van der Waals surface area contributed by atoms with Gasteiger partial charge in [0.15, 0.2) is 0 Å². The van der Waals surface area contributed by atoms with Crippen LogP contribution in [0.1, 0.15) is 12.8 Å². The molecule has 9 heteroatoms. The van der Waals surface area contributed by atoms with Crippen LogP contribution in [0.2, 0.25) is 5.02 Å². The van der Waals surface area contributed by atoms with Crippen LogP contribution >= 0.6 is 27.5 Å². The van der Waals surface area contributed by atoms with E-state index in [0.29, 0.717) is 12.8 Å². The molecule has 1 saturated heterocycles. The number of nitrogens with one attached hydrogen (secondary N) is 1. The maximum absolute atomic E-state index is 13.9. The van der Waals surface area contributed by atoms with Crippen molar-refractivity contribution in [1.29, 1.82) is 0 Å². The van der Waals surface area contributed by atoms with Gasteiger partial charge in [-0.2, -0.15) is 4.31 Å². The molecule has 1 amide bonds. The normalized spacial score (nSPS) is 18.0. The summed E-state index contributed by atoms with van der Waals surface area (Å²) in [5.41, 5.74) is -0.0349. The minimum atomic E-state index is -3.82. The maximum Gasteiger partial charge on any atom is 0.243 e. The highest BCUT2D eigenvalue weighted by molar-refractivity contribution is 9.10. The summed E-state index contributed by atoms with van der Waals surface area (Å²) in [6.45, 7) is 0.236. The van der Waals surface area contributed by atoms with Gasteiger partial charge in [-0.05, 0) is 55.3 Å². The largest absolute Gasteiger partial charge is 0.322 e. The van der Waals surface area contributed by atoms with Crippen molar-refractivity contribution in [2.24, 2.45) is 0 Å². The summed E-state index contributed by atoms with van der Waals surface area (Å²) in [5, 5.41) is 2.66. The molecule has 26 heavy (non-hydrogen) atoms. The fourth-order valence-corrected chi connectivity index (χ4v) is 4.92. The predicted molar refractivity (Wildman–Crippen MR) is 101 cm³/mol. The Morgan fingerprint density at radius 1 is 1.23 bits per heavy atom. The Kier molecular flexibility index (Phi) is 5.67. The van der Waals surface area contributed by atoms with Crippen molar-refractivity contribution in [3.05, 3.63) is 57.8 Å². The zero-order valence-corrected chi connectivity index (χ0v) is 16.6. The lowest BCUT2D eigenvalue weighted by Crippen LogP contribution is -2.43. The van der Waals surface area contributed by atoms with Gasteiger partial charge in [-0.3, -0.25) is 4.79 Å². The molecule has 0 saturated carbocycles. The molecular weight excluding hydrogens is 447 g/mol. The third-order valence-electron chi connectivity index (χ3n) is 4.12. The Bertz CT molecular complexity index is 938. The Hall–Kier alpha value is -1.48. The molecule has 0 aromatic heterocycles. The average Bonchev–Trinajstić information content (AvgIpc) is 3.08. The second-order valence-corrected chi connectivity index (χ2v) is 9.08. The zero-order chi connectivity index (χ0) is 18.9. The molecule has 0 spiro atoms. The molecular formula is C17H15BrClFN2O3S. The fraction of sp³-hybridized carbons (Fsp3) is 0.235. The maximum atomic E-state index is 13.9. The Balaban J connectivity index is 1.83. The number of carbonyl (C=O) groups excluding carboxylic acids is 1. The summed E-state index contributed by atoms with van der Waals surface area (Å²) in [6.07, 6.45) is 0.924. The van der Waals surface area contributed by atoms with Crippen molar-refractivity contribution >= 4 is 49.1 Å². The number of benzene rings is 2. The molecule has 2 aromatic carbocycles. The van der Waals surface area contributed by atoms with Crippen molar-refractivity contribution in [3.8, 4) is 0 Å². The lowest BCUT2D eigenvalue weighted by molar-refractivity contribution is -0.119. The van der Waals surface area contributed by atoms with Gasteiger partial charge in [-0.15, -0.1) is 0 Å². The molecule has 138 valence electrons. The number of nitrogens with zero attached hydrogens (tertiary/aromatic N) is 1. The van der Waals surface area contributed by atoms with Gasteiger partial charge < -0.3 is 5.32 Å². The molecule has 2 aromatic rings. The lowest BCUT2D eigenvalue weighted by Gasteiger charge is -2.23. The molecule has 1 atom stereocenters. The number of anilines is 1. The van der Waals surface area contributed by atoms with E-state index in [0.717, 1.165) is 10.5 Å². The summed E-state index contributed by atoms with van der Waals surface area (Å²) in [4.78, 5) is 12.7. The first-order valence-corrected chi connectivity index (χ1v) is 10.4. The molecule has 0 aliphatic carbocycles. The van der Waals surface area contributed by atoms with E-state index in [1.807, 2.05) is 0 Å². The zero-order valence-electron chi connectivity index (χ0n) is 13.5. The van der Waals surface area contributed by atoms with Crippen LogP contribution in [0, 0.1) is 5.82 Å². The monoisotopic (exact) mass is 460 g/mol. The van der Waals surface area contributed by atoms with Gasteiger partial charge >= 0.3 is 0 Å². The third-order valence-corrected chi connectivity index (χ3v) is 6.80. The summed E-state index contributed by atoms with van der Waals surface area (Å²) in [7, 11) is -3.82. The minimum absolute atomic E-state index is 0.0349. The first-order valence-electron chi connectivity index (χ1n) is 7.82. The number of halogens is 3. The average molecular weight is 462 g/mol. The van der Waals surface area contributed by atoms with E-state index in [1.54, 1.807) is 12.1 Å². The van der Waals surface area contributed by atoms with E-state index in [4.69, 9.17) is 11.6 Å². The van der Waals surface area contributed by atoms with Gasteiger partial charge in [0, 0.05) is 16.0 Å². The van der Waals surface area contributed by atoms with Gasteiger partial charge in [-0.1, -0.05) is 27.5 Å². The van der Waals surface area contributed by atoms with Crippen molar-refractivity contribution in [3.63, 3.8) is 0 Å². The highest BCUT2D eigenvalue weighted by Gasteiger charge is 2.39. The van der Waals surface area contributed by atoms with Crippen LogP contribution in [0.25, 0.3) is 0 Å². The van der Waals surface area contributed by atoms with Gasteiger partial charge in [0.25, 0.3) is 0 Å². The van der Waals surface area contributed by atoms with Gasteiger partial charge in [-0.25, -0.2) is 12.8 Å². The van der Waals surface area contributed by atoms with Crippen LogP contribution in [0.4, 0.5) is 10.1 Å². The number of amides is 1. The third kappa shape index (κ3) is 3.93. The van der Waals surface area contributed by atoms with E-state index >= 15 is 0 Å². The first kappa shape index (κ1) is 19.3. The number of hydrogen-bond acceptors (Lipinski definition) is 3. The van der Waals surface area contributed by atoms with Crippen molar-refractivity contribution in [2.45, 2.75) is 23.8 Å². The molecule has 0 radical (unpaired) electrons. The van der Waals surface area contributed by atoms with Crippen LogP contribution in [0.5, 0.6) is 0 Å².